The summed E-state index contributed by atoms with van der Waals surface area (Å²) in [6.45, 7) is 3.69. The zero-order valence-electron chi connectivity index (χ0n) is 15.3. The van der Waals surface area contributed by atoms with Gasteiger partial charge in [0.1, 0.15) is 6.61 Å². The fourth-order valence-electron chi connectivity index (χ4n) is 2.74. The van der Waals surface area contributed by atoms with Crippen molar-refractivity contribution in [2.75, 3.05) is 19.8 Å². The Kier molecular flexibility index (Phi) is 13.3. The second-order valence-electron chi connectivity index (χ2n) is 7.07. The fourth-order valence-corrected chi connectivity index (χ4v) is 2.74. The minimum atomic E-state index is -0.198. The van der Waals surface area contributed by atoms with E-state index >= 15 is 0 Å². The maximum Gasteiger partial charge on any atom is 0.332 e. The molecule has 1 rings (SSSR count). The van der Waals surface area contributed by atoms with E-state index in [0.29, 0.717) is 19.1 Å². The average Bonchev–Trinajstić information content (AvgIpc) is 3.37. The molecule has 3 nitrogen and oxygen atoms in total. The zero-order chi connectivity index (χ0) is 16.6. The molecule has 0 aromatic heterocycles. The minimum Gasteiger partial charge on any atom is -0.464 e. The summed E-state index contributed by atoms with van der Waals surface area (Å²) < 4.78 is 10.5. The van der Waals surface area contributed by atoms with Crippen molar-refractivity contribution in [2.45, 2.75) is 96.8 Å². The normalized spacial score (nSPS) is 14.1. The Hall–Kier alpha value is -0.570. The van der Waals surface area contributed by atoms with E-state index in [4.69, 9.17) is 9.47 Å². The lowest BCUT2D eigenvalue weighted by atomic mass is 10.1. The summed E-state index contributed by atoms with van der Waals surface area (Å²) in [6.07, 6.45) is 18.5. The van der Waals surface area contributed by atoms with E-state index in [-0.39, 0.29) is 12.6 Å². The number of hydrogen-bond acceptors (Lipinski definition) is 3. The van der Waals surface area contributed by atoms with Crippen LogP contribution in [0.4, 0.5) is 0 Å². The topological polar surface area (TPSA) is 35.5 Å². The molecule has 0 aliphatic heterocycles. The third-order valence-corrected chi connectivity index (χ3v) is 4.54. The predicted octanol–water partition coefficient (Wildman–Crippen LogP) is 5.66. The first-order valence-corrected chi connectivity index (χ1v) is 10.1. The quantitative estimate of drug-likeness (QED) is 0.256. The van der Waals surface area contributed by atoms with Crippen molar-refractivity contribution in [2.24, 2.45) is 5.92 Å². The third-order valence-electron chi connectivity index (χ3n) is 4.54. The summed E-state index contributed by atoms with van der Waals surface area (Å²) in [4.78, 5) is 11.3. The Balaban J connectivity index is 1.67. The summed E-state index contributed by atoms with van der Waals surface area (Å²) in [6, 6.07) is 0. The maximum atomic E-state index is 11.3. The van der Waals surface area contributed by atoms with Gasteiger partial charge in [-0.2, -0.15) is 0 Å². The van der Waals surface area contributed by atoms with Crippen LogP contribution < -0.4 is 0 Å². The molecule has 3 heteroatoms. The van der Waals surface area contributed by atoms with Crippen LogP contribution in [0.5, 0.6) is 0 Å². The minimum absolute atomic E-state index is 0.130. The van der Waals surface area contributed by atoms with E-state index in [2.05, 4.69) is 6.92 Å². The van der Waals surface area contributed by atoms with Crippen molar-refractivity contribution >= 4 is 5.97 Å². The first kappa shape index (κ1) is 20.5. The molecule has 1 fully saturated rings. The first-order valence-electron chi connectivity index (χ1n) is 10.1. The van der Waals surface area contributed by atoms with Crippen molar-refractivity contribution in [3.05, 3.63) is 0 Å². The second kappa shape index (κ2) is 15.0. The molecule has 23 heavy (non-hydrogen) atoms. The van der Waals surface area contributed by atoms with Gasteiger partial charge in [-0.25, -0.2) is 4.79 Å². The smallest absolute Gasteiger partial charge is 0.332 e. The molecule has 0 atom stereocenters. The summed E-state index contributed by atoms with van der Waals surface area (Å²) >= 11 is 0. The molecule has 0 saturated heterocycles. The number of carbonyl (C=O) groups is 1. The molecule has 0 heterocycles. The molecule has 0 bridgehead atoms. The Morgan fingerprint density at radius 2 is 1.35 bits per heavy atom. The van der Waals surface area contributed by atoms with Crippen LogP contribution in [-0.4, -0.2) is 25.8 Å². The summed E-state index contributed by atoms with van der Waals surface area (Å²) in [7, 11) is 0. The molecule has 0 radical (unpaired) electrons. The number of unbranched alkanes of at least 4 members (excludes halogenated alkanes) is 11. The molecule has 0 aromatic carbocycles. The molecule has 1 saturated carbocycles. The molecule has 136 valence electrons. The van der Waals surface area contributed by atoms with Crippen LogP contribution >= 0.6 is 0 Å². The van der Waals surface area contributed by atoms with Gasteiger partial charge in [-0.3, -0.25) is 0 Å². The van der Waals surface area contributed by atoms with E-state index in [1.54, 1.807) is 0 Å². The number of ether oxygens (including phenoxy) is 2. The van der Waals surface area contributed by atoms with Crippen molar-refractivity contribution < 1.29 is 14.3 Å². The molecule has 0 aromatic rings. The Bertz CT molecular complexity index is 274. The van der Waals surface area contributed by atoms with Crippen LogP contribution in [0, 0.1) is 5.92 Å². The van der Waals surface area contributed by atoms with Crippen molar-refractivity contribution in [1.82, 2.24) is 0 Å². The number of hydrogen-bond donors (Lipinski definition) is 0. The molecule has 1 aliphatic carbocycles. The fraction of sp³-hybridized carbons (Fsp3) is 0.950. The van der Waals surface area contributed by atoms with Crippen LogP contribution in [0.3, 0.4) is 0 Å². The molecule has 0 spiro atoms. The van der Waals surface area contributed by atoms with Gasteiger partial charge in [0.15, 0.2) is 0 Å². The largest absolute Gasteiger partial charge is 0.464 e. The third kappa shape index (κ3) is 14.7. The highest BCUT2D eigenvalue weighted by atomic mass is 16.6. The molecular formula is C20H38O3. The molecule has 0 amide bonds. The summed E-state index contributed by atoms with van der Waals surface area (Å²) in [5.74, 6) is 0.436. The van der Waals surface area contributed by atoms with Gasteiger partial charge < -0.3 is 9.47 Å². The number of carbonyl (C=O) groups excluding carboxylic acids is 1. The molecule has 1 aliphatic rings. The summed E-state index contributed by atoms with van der Waals surface area (Å²) in [5.41, 5.74) is 0. The Morgan fingerprint density at radius 3 is 1.87 bits per heavy atom. The Labute approximate surface area is 143 Å². The standard InChI is InChI=1S/C20H38O3/c1-2-3-4-5-6-7-8-9-10-11-12-13-16-22-18-20(21)23-17-19-14-15-19/h19H,2-18H2,1H3. The maximum absolute atomic E-state index is 11.3. The molecule has 0 N–H and O–H groups in total. The lowest BCUT2D eigenvalue weighted by Gasteiger charge is -2.05. The van der Waals surface area contributed by atoms with E-state index < -0.39 is 0 Å². The first-order chi connectivity index (χ1) is 11.3. The summed E-state index contributed by atoms with van der Waals surface area (Å²) in [5, 5.41) is 0. The van der Waals surface area contributed by atoms with Crippen molar-refractivity contribution in [3.8, 4) is 0 Å². The van der Waals surface area contributed by atoms with Crippen molar-refractivity contribution in [3.63, 3.8) is 0 Å². The SMILES string of the molecule is CCCCCCCCCCCCCCOCC(=O)OCC1CC1. The van der Waals surface area contributed by atoms with E-state index in [9.17, 15) is 4.79 Å². The van der Waals surface area contributed by atoms with Gasteiger partial charge in [0.05, 0.1) is 6.61 Å². The molecular weight excluding hydrogens is 288 g/mol. The van der Waals surface area contributed by atoms with Crippen LogP contribution in [0.2, 0.25) is 0 Å². The number of esters is 1. The predicted molar refractivity (Wildman–Crippen MR) is 95.6 cm³/mol. The lowest BCUT2D eigenvalue weighted by molar-refractivity contribution is -0.149. The van der Waals surface area contributed by atoms with Gasteiger partial charge in [-0.15, -0.1) is 0 Å². The van der Waals surface area contributed by atoms with Gasteiger partial charge >= 0.3 is 5.97 Å². The Morgan fingerprint density at radius 1 is 0.826 bits per heavy atom. The lowest BCUT2D eigenvalue weighted by Crippen LogP contribution is -2.14. The van der Waals surface area contributed by atoms with E-state index in [1.807, 2.05) is 0 Å². The van der Waals surface area contributed by atoms with Gasteiger partial charge in [0.2, 0.25) is 0 Å². The van der Waals surface area contributed by atoms with E-state index in [1.165, 1.54) is 83.5 Å². The highest BCUT2D eigenvalue weighted by Crippen LogP contribution is 2.28. The van der Waals surface area contributed by atoms with Crippen LogP contribution in [0.15, 0.2) is 0 Å². The highest BCUT2D eigenvalue weighted by molar-refractivity contribution is 5.70. The van der Waals surface area contributed by atoms with Crippen LogP contribution in [0.25, 0.3) is 0 Å². The van der Waals surface area contributed by atoms with Crippen molar-refractivity contribution in [1.29, 1.82) is 0 Å². The van der Waals surface area contributed by atoms with Gasteiger partial charge in [-0.1, -0.05) is 77.6 Å². The zero-order valence-corrected chi connectivity index (χ0v) is 15.3. The number of rotatable bonds is 17. The monoisotopic (exact) mass is 326 g/mol. The van der Waals surface area contributed by atoms with Crippen LogP contribution in [-0.2, 0) is 14.3 Å². The van der Waals surface area contributed by atoms with Gasteiger partial charge in [0, 0.05) is 6.61 Å². The van der Waals surface area contributed by atoms with E-state index in [0.717, 1.165) is 6.42 Å². The van der Waals surface area contributed by atoms with Gasteiger partial charge in [0.25, 0.3) is 0 Å². The van der Waals surface area contributed by atoms with Crippen LogP contribution in [0.1, 0.15) is 96.8 Å². The highest BCUT2D eigenvalue weighted by Gasteiger charge is 2.22. The average molecular weight is 327 g/mol. The second-order valence-corrected chi connectivity index (χ2v) is 7.07. The molecule has 0 unspecified atom stereocenters. The van der Waals surface area contributed by atoms with Gasteiger partial charge in [-0.05, 0) is 25.2 Å².